The van der Waals surface area contributed by atoms with Crippen LogP contribution < -0.4 is 0 Å². The van der Waals surface area contributed by atoms with Gasteiger partial charge in [0.25, 0.3) is 0 Å². The van der Waals surface area contributed by atoms with Gasteiger partial charge in [0.05, 0.1) is 5.56 Å². The molecule has 0 aliphatic rings. The predicted octanol–water partition coefficient (Wildman–Crippen LogP) is 1.96. The SMILES string of the molecule is CCc1ccc(C(=O)O)c(C)c1O. The monoisotopic (exact) mass is 180 g/mol. The molecule has 1 rings (SSSR count). The van der Waals surface area contributed by atoms with Crippen molar-refractivity contribution in [2.45, 2.75) is 20.3 Å². The molecule has 0 saturated carbocycles. The number of aromatic carboxylic acids is 1. The summed E-state index contributed by atoms with van der Waals surface area (Å²) in [5.74, 6) is -0.905. The van der Waals surface area contributed by atoms with Gasteiger partial charge in [0.2, 0.25) is 0 Å². The number of phenolic OH excluding ortho intramolecular Hbond substituents is 1. The molecule has 0 spiro atoms. The summed E-state index contributed by atoms with van der Waals surface area (Å²) in [5.41, 5.74) is 1.38. The third kappa shape index (κ3) is 1.64. The quantitative estimate of drug-likeness (QED) is 0.731. The van der Waals surface area contributed by atoms with Gasteiger partial charge < -0.3 is 10.2 Å². The Labute approximate surface area is 76.6 Å². The van der Waals surface area contributed by atoms with Crippen molar-refractivity contribution < 1.29 is 15.0 Å². The first-order valence-electron chi connectivity index (χ1n) is 4.12. The fourth-order valence-corrected chi connectivity index (χ4v) is 1.27. The number of rotatable bonds is 2. The van der Waals surface area contributed by atoms with Gasteiger partial charge in [-0.1, -0.05) is 13.0 Å². The van der Waals surface area contributed by atoms with Crippen LogP contribution in [0.3, 0.4) is 0 Å². The lowest BCUT2D eigenvalue weighted by molar-refractivity contribution is 0.0695. The van der Waals surface area contributed by atoms with Crippen LogP contribution in [-0.2, 0) is 6.42 Å². The lowest BCUT2D eigenvalue weighted by Crippen LogP contribution is -2.00. The van der Waals surface area contributed by atoms with Crippen molar-refractivity contribution in [3.63, 3.8) is 0 Å². The van der Waals surface area contributed by atoms with Gasteiger partial charge in [-0.05, 0) is 25.0 Å². The summed E-state index contributed by atoms with van der Waals surface area (Å²) in [5, 5.41) is 18.3. The van der Waals surface area contributed by atoms with Crippen molar-refractivity contribution in [2.24, 2.45) is 0 Å². The van der Waals surface area contributed by atoms with Gasteiger partial charge >= 0.3 is 5.97 Å². The van der Waals surface area contributed by atoms with E-state index in [1.54, 1.807) is 13.0 Å². The van der Waals surface area contributed by atoms with Crippen molar-refractivity contribution in [2.75, 3.05) is 0 Å². The first kappa shape index (κ1) is 9.58. The first-order chi connectivity index (χ1) is 6.07. The fourth-order valence-electron chi connectivity index (χ4n) is 1.27. The Hall–Kier alpha value is -1.51. The molecule has 70 valence electrons. The van der Waals surface area contributed by atoms with Crippen molar-refractivity contribution in [3.05, 3.63) is 28.8 Å². The molecular weight excluding hydrogens is 168 g/mol. The molecule has 2 N–H and O–H groups in total. The van der Waals surface area contributed by atoms with Crippen LogP contribution in [0.4, 0.5) is 0 Å². The van der Waals surface area contributed by atoms with E-state index in [2.05, 4.69) is 0 Å². The maximum absolute atomic E-state index is 10.7. The van der Waals surface area contributed by atoms with Crippen LogP contribution in [0.1, 0.15) is 28.4 Å². The van der Waals surface area contributed by atoms with Crippen LogP contribution in [0.2, 0.25) is 0 Å². The highest BCUT2D eigenvalue weighted by molar-refractivity contribution is 5.90. The number of phenols is 1. The Morgan fingerprint density at radius 3 is 2.54 bits per heavy atom. The molecule has 0 radical (unpaired) electrons. The van der Waals surface area contributed by atoms with Crippen LogP contribution in [-0.4, -0.2) is 16.2 Å². The molecule has 0 bridgehead atoms. The van der Waals surface area contributed by atoms with Crippen molar-refractivity contribution in [3.8, 4) is 5.75 Å². The highest BCUT2D eigenvalue weighted by atomic mass is 16.4. The summed E-state index contributed by atoms with van der Waals surface area (Å²) in [6.07, 6.45) is 0.701. The highest BCUT2D eigenvalue weighted by Crippen LogP contribution is 2.25. The first-order valence-corrected chi connectivity index (χ1v) is 4.12. The number of hydrogen-bond donors (Lipinski definition) is 2. The summed E-state index contributed by atoms with van der Waals surface area (Å²) < 4.78 is 0. The topological polar surface area (TPSA) is 57.5 Å². The van der Waals surface area contributed by atoms with Crippen molar-refractivity contribution >= 4 is 5.97 Å². The van der Waals surface area contributed by atoms with Gasteiger partial charge in [0.15, 0.2) is 0 Å². The number of benzene rings is 1. The maximum atomic E-state index is 10.7. The van der Waals surface area contributed by atoms with E-state index in [1.807, 2.05) is 6.92 Å². The zero-order chi connectivity index (χ0) is 10.0. The maximum Gasteiger partial charge on any atom is 0.336 e. The number of carboxylic acids is 1. The molecule has 0 fully saturated rings. The van der Waals surface area contributed by atoms with Crippen LogP contribution >= 0.6 is 0 Å². The number of aryl methyl sites for hydroxylation is 1. The molecule has 3 heteroatoms. The van der Waals surface area contributed by atoms with Gasteiger partial charge in [-0.15, -0.1) is 0 Å². The van der Waals surface area contributed by atoms with E-state index >= 15 is 0 Å². The standard InChI is InChI=1S/C10H12O3/c1-3-7-4-5-8(10(12)13)6(2)9(7)11/h4-5,11H,3H2,1-2H3,(H,12,13). The summed E-state index contributed by atoms with van der Waals surface area (Å²) in [6.45, 7) is 3.52. The third-order valence-electron chi connectivity index (χ3n) is 2.13. The molecule has 0 aliphatic heterocycles. The predicted molar refractivity (Wildman–Crippen MR) is 49.2 cm³/mol. The molecule has 0 saturated heterocycles. The summed E-state index contributed by atoms with van der Waals surface area (Å²) in [6, 6.07) is 3.17. The van der Waals surface area contributed by atoms with Crippen LogP contribution in [0.5, 0.6) is 5.75 Å². The second kappa shape index (κ2) is 3.47. The van der Waals surface area contributed by atoms with E-state index in [4.69, 9.17) is 5.11 Å². The van der Waals surface area contributed by atoms with Gasteiger partial charge in [0, 0.05) is 5.56 Å². The van der Waals surface area contributed by atoms with Gasteiger partial charge in [0.1, 0.15) is 5.75 Å². The van der Waals surface area contributed by atoms with Gasteiger partial charge in [-0.2, -0.15) is 0 Å². The minimum atomic E-state index is -1.00. The van der Waals surface area contributed by atoms with Crippen molar-refractivity contribution in [1.29, 1.82) is 0 Å². The molecule has 0 aliphatic carbocycles. The van der Waals surface area contributed by atoms with E-state index in [1.165, 1.54) is 6.07 Å². The average Bonchev–Trinajstić information content (AvgIpc) is 2.09. The fraction of sp³-hybridized carbons (Fsp3) is 0.300. The van der Waals surface area contributed by atoms with Gasteiger partial charge in [-0.25, -0.2) is 4.79 Å². The van der Waals surface area contributed by atoms with Crippen LogP contribution in [0, 0.1) is 6.92 Å². The van der Waals surface area contributed by atoms with E-state index in [9.17, 15) is 9.90 Å². The number of hydrogen-bond acceptors (Lipinski definition) is 2. The number of carboxylic acid groups (broad SMARTS) is 1. The Balaban J connectivity index is 3.31. The van der Waals surface area contributed by atoms with Gasteiger partial charge in [-0.3, -0.25) is 0 Å². The molecular formula is C10H12O3. The molecule has 0 amide bonds. The zero-order valence-electron chi connectivity index (χ0n) is 7.66. The lowest BCUT2D eigenvalue weighted by Gasteiger charge is -2.07. The molecule has 0 unspecified atom stereocenters. The summed E-state index contributed by atoms with van der Waals surface area (Å²) >= 11 is 0. The van der Waals surface area contributed by atoms with E-state index < -0.39 is 5.97 Å². The summed E-state index contributed by atoms with van der Waals surface area (Å²) in [4.78, 5) is 10.7. The molecule has 1 aromatic rings. The minimum absolute atomic E-state index is 0.0994. The van der Waals surface area contributed by atoms with Crippen LogP contribution in [0.15, 0.2) is 12.1 Å². The Kier molecular flexibility index (Phi) is 2.56. The molecule has 13 heavy (non-hydrogen) atoms. The summed E-state index contributed by atoms with van der Waals surface area (Å²) in [7, 11) is 0. The molecule has 0 aromatic heterocycles. The highest BCUT2D eigenvalue weighted by Gasteiger charge is 2.12. The number of carbonyl (C=O) groups is 1. The second-order valence-corrected chi connectivity index (χ2v) is 2.90. The Morgan fingerprint density at radius 2 is 2.08 bits per heavy atom. The molecule has 1 aromatic carbocycles. The Bertz CT molecular complexity index is 342. The molecule has 0 atom stereocenters. The van der Waals surface area contributed by atoms with E-state index in [-0.39, 0.29) is 11.3 Å². The average molecular weight is 180 g/mol. The van der Waals surface area contributed by atoms with E-state index in [0.29, 0.717) is 12.0 Å². The Morgan fingerprint density at radius 1 is 1.46 bits per heavy atom. The zero-order valence-corrected chi connectivity index (χ0v) is 7.66. The smallest absolute Gasteiger partial charge is 0.336 e. The molecule has 3 nitrogen and oxygen atoms in total. The van der Waals surface area contributed by atoms with Crippen molar-refractivity contribution in [1.82, 2.24) is 0 Å². The minimum Gasteiger partial charge on any atom is -0.507 e. The van der Waals surface area contributed by atoms with Crippen LogP contribution in [0.25, 0.3) is 0 Å². The van der Waals surface area contributed by atoms with E-state index in [0.717, 1.165) is 5.56 Å². The molecule has 0 heterocycles. The third-order valence-corrected chi connectivity index (χ3v) is 2.13. The second-order valence-electron chi connectivity index (χ2n) is 2.90. The lowest BCUT2D eigenvalue weighted by atomic mass is 10.0. The normalized spacial score (nSPS) is 10.0. The largest absolute Gasteiger partial charge is 0.507 e. The number of aromatic hydroxyl groups is 1.